The summed E-state index contributed by atoms with van der Waals surface area (Å²) in [6, 6.07) is 0. The van der Waals surface area contributed by atoms with E-state index in [0.29, 0.717) is 0 Å². The molecule has 0 bridgehead atoms. The van der Waals surface area contributed by atoms with Crippen LogP contribution in [0.25, 0.3) is 0 Å². The molecule has 1 saturated heterocycles. The lowest BCUT2D eigenvalue weighted by atomic mass is 9.94. The molecule has 1 fully saturated rings. The van der Waals surface area contributed by atoms with Crippen molar-refractivity contribution in [1.82, 2.24) is 0 Å². The molecule has 0 aromatic carbocycles. The molecule has 1 unspecified atom stereocenters. The van der Waals surface area contributed by atoms with Gasteiger partial charge in [-0.3, -0.25) is 4.79 Å². The van der Waals surface area contributed by atoms with Gasteiger partial charge < -0.3 is 4.74 Å². The lowest BCUT2D eigenvalue weighted by Gasteiger charge is -2.27. The molecular formula is C20H32O2. The second kappa shape index (κ2) is 12.3. The Morgan fingerprint density at radius 1 is 0.864 bits per heavy atom. The second-order valence-corrected chi connectivity index (χ2v) is 5.91. The highest BCUT2D eigenvalue weighted by molar-refractivity contribution is 5.82. The van der Waals surface area contributed by atoms with Crippen molar-refractivity contribution in [1.29, 1.82) is 0 Å². The normalized spacial score (nSPS) is 20.0. The SMILES string of the molecule is CC/C=C\CC/C=C1/OC(=O)C1CCCCCC/C=C\CC. The van der Waals surface area contributed by atoms with Crippen molar-refractivity contribution in [2.24, 2.45) is 5.92 Å². The first kappa shape index (κ1) is 18.7. The molecule has 0 amide bonds. The molecule has 124 valence electrons. The standard InChI is InChI=1S/C20H32O2/c1-3-5-7-9-10-11-13-14-16-18-19(22-20(18)21)17-15-12-8-6-4-2/h5-8,17-18H,3-4,9-16H2,1-2H3/b7-5-,8-6-,19-17+. The number of unbranched alkanes of at least 4 members (excludes halogenated alkanes) is 5. The lowest BCUT2D eigenvalue weighted by Crippen LogP contribution is -2.32. The van der Waals surface area contributed by atoms with Crippen LogP contribution in [0, 0.1) is 5.92 Å². The highest BCUT2D eigenvalue weighted by atomic mass is 16.6. The smallest absolute Gasteiger partial charge is 0.321 e. The van der Waals surface area contributed by atoms with Gasteiger partial charge >= 0.3 is 5.97 Å². The molecule has 1 aliphatic rings. The molecule has 0 spiro atoms. The van der Waals surface area contributed by atoms with Crippen molar-refractivity contribution in [2.45, 2.75) is 78.1 Å². The van der Waals surface area contributed by atoms with Crippen LogP contribution in [0.5, 0.6) is 0 Å². The Kier molecular flexibility index (Phi) is 10.4. The first-order valence-electron chi connectivity index (χ1n) is 9.01. The summed E-state index contributed by atoms with van der Waals surface area (Å²) in [5, 5.41) is 0. The van der Waals surface area contributed by atoms with E-state index in [4.69, 9.17) is 4.74 Å². The maximum Gasteiger partial charge on any atom is 0.321 e. The fraction of sp³-hybridized carbons (Fsp3) is 0.650. The molecule has 2 nitrogen and oxygen atoms in total. The summed E-state index contributed by atoms with van der Waals surface area (Å²) in [6.45, 7) is 4.30. The minimum absolute atomic E-state index is 0.0266. The quantitative estimate of drug-likeness (QED) is 0.247. The molecule has 1 atom stereocenters. The van der Waals surface area contributed by atoms with Gasteiger partial charge in [-0.15, -0.1) is 0 Å². The topological polar surface area (TPSA) is 26.3 Å². The van der Waals surface area contributed by atoms with Gasteiger partial charge in [0.15, 0.2) is 0 Å². The predicted molar refractivity (Wildman–Crippen MR) is 93.5 cm³/mol. The third-order valence-corrected chi connectivity index (χ3v) is 3.94. The summed E-state index contributed by atoms with van der Waals surface area (Å²) in [5.41, 5.74) is 0. The number of hydrogen-bond donors (Lipinski definition) is 0. The van der Waals surface area contributed by atoms with Crippen LogP contribution in [0.4, 0.5) is 0 Å². The number of carbonyl (C=O) groups is 1. The Balaban J connectivity index is 2.10. The largest absolute Gasteiger partial charge is 0.430 e. The van der Waals surface area contributed by atoms with Crippen molar-refractivity contribution in [3.05, 3.63) is 36.1 Å². The number of rotatable bonds is 12. The molecule has 2 heteroatoms. The molecular weight excluding hydrogens is 272 g/mol. The third kappa shape index (κ3) is 7.63. The highest BCUT2D eigenvalue weighted by Crippen LogP contribution is 2.31. The fourth-order valence-corrected chi connectivity index (χ4v) is 2.62. The molecule has 0 radical (unpaired) electrons. The van der Waals surface area contributed by atoms with E-state index in [-0.39, 0.29) is 11.9 Å². The van der Waals surface area contributed by atoms with E-state index >= 15 is 0 Å². The molecule has 0 aromatic rings. The molecule has 1 aliphatic heterocycles. The summed E-state index contributed by atoms with van der Waals surface area (Å²) in [4.78, 5) is 11.5. The van der Waals surface area contributed by atoms with E-state index in [1.807, 2.05) is 0 Å². The number of ether oxygens (including phenoxy) is 1. The molecule has 0 aromatic heterocycles. The first-order chi connectivity index (χ1) is 10.8. The second-order valence-electron chi connectivity index (χ2n) is 5.91. The van der Waals surface area contributed by atoms with E-state index in [0.717, 1.165) is 44.3 Å². The van der Waals surface area contributed by atoms with E-state index < -0.39 is 0 Å². The number of cyclic esters (lactones) is 1. The van der Waals surface area contributed by atoms with E-state index in [9.17, 15) is 4.79 Å². The number of carbonyl (C=O) groups excluding carboxylic acids is 1. The van der Waals surface area contributed by atoms with Gasteiger partial charge in [0.05, 0.1) is 0 Å². The van der Waals surface area contributed by atoms with Crippen molar-refractivity contribution >= 4 is 5.97 Å². The zero-order valence-electron chi connectivity index (χ0n) is 14.4. The molecule has 0 aliphatic carbocycles. The van der Waals surface area contributed by atoms with Gasteiger partial charge in [-0.1, -0.05) is 57.4 Å². The van der Waals surface area contributed by atoms with E-state index in [2.05, 4.69) is 44.2 Å². The predicted octanol–water partition coefficient (Wildman–Crippen LogP) is 6.10. The number of esters is 1. The molecule has 22 heavy (non-hydrogen) atoms. The summed E-state index contributed by atoms with van der Waals surface area (Å²) in [7, 11) is 0. The third-order valence-electron chi connectivity index (χ3n) is 3.94. The first-order valence-corrected chi connectivity index (χ1v) is 9.01. The summed E-state index contributed by atoms with van der Waals surface area (Å²) < 4.78 is 5.17. The minimum Gasteiger partial charge on any atom is -0.430 e. The van der Waals surface area contributed by atoms with Gasteiger partial charge in [0, 0.05) is 0 Å². The van der Waals surface area contributed by atoms with Crippen LogP contribution < -0.4 is 0 Å². The lowest BCUT2D eigenvalue weighted by molar-refractivity contribution is -0.157. The van der Waals surface area contributed by atoms with Gasteiger partial charge in [0.1, 0.15) is 11.7 Å². The highest BCUT2D eigenvalue weighted by Gasteiger charge is 2.36. The van der Waals surface area contributed by atoms with Gasteiger partial charge in [-0.05, 0) is 51.0 Å². The van der Waals surface area contributed by atoms with Crippen LogP contribution in [-0.4, -0.2) is 5.97 Å². The van der Waals surface area contributed by atoms with Gasteiger partial charge in [0.25, 0.3) is 0 Å². The number of allylic oxidation sites excluding steroid dienone is 5. The molecule has 0 saturated carbocycles. The summed E-state index contributed by atoms with van der Waals surface area (Å²) in [6.07, 6.45) is 22.2. The fourth-order valence-electron chi connectivity index (χ4n) is 2.62. The Bertz CT molecular complexity index is 391. The summed E-state index contributed by atoms with van der Waals surface area (Å²) >= 11 is 0. The molecule has 1 heterocycles. The molecule has 1 rings (SSSR count). The Morgan fingerprint density at radius 3 is 2.23 bits per heavy atom. The van der Waals surface area contributed by atoms with Crippen LogP contribution in [-0.2, 0) is 9.53 Å². The van der Waals surface area contributed by atoms with Crippen LogP contribution in [0.1, 0.15) is 78.1 Å². The van der Waals surface area contributed by atoms with Crippen molar-refractivity contribution < 1.29 is 9.53 Å². The number of hydrogen-bond acceptors (Lipinski definition) is 2. The maximum absolute atomic E-state index is 11.5. The van der Waals surface area contributed by atoms with E-state index in [1.54, 1.807) is 0 Å². The maximum atomic E-state index is 11.5. The van der Waals surface area contributed by atoms with Gasteiger partial charge in [0.2, 0.25) is 0 Å². The van der Waals surface area contributed by atoms with Crippen molar-refractivity contribution in [3.63, 3.8) is 0 Å². The molecule has 0 N–H and O–H groups in total. The van der Waals surface area contributed by atoms with Crippen molar-refractivity contribution in [3.8, 4) is 0 Å². The Hall–Kier alpha value is -1.31. The average molecular weight is 304 g/mol. The zero-order chi connectivity index (χ0) is 16.0. The van der Waals surface area contributed by atoms with Gasteiger partial charge in [-0.25, -0.2) is 0 Å². The monoisotopic (exact) mass is 304 g/mol. The Morgan fingerprint density at radius 2 is 1.55 bits per heavy atom. The minimum atomic E-state index is -0.0266. The van der Waals surface area contributed by atoms with Gasteiger partial charge in [-0.2, -0.15) is 0 Å². The van der Waals surface area contributed by atoms with Crippen LogP contribution >= 0.6 is 0 Å². The van der Waals surface area contributed by atoms with E-state index in [1.165, 1.54) is 25.7 Å². The van der Waals surface area contributed by atoms with Crippen LogP contribution in [0.15, 0.2) is 36.1 Å². The Labute approximate surface area is 136 Å². The van der Waals surface area contributed by atoms with Crippen LogP contribution in [0.2, 0.25) is 0 Å². The zero-order valence-corrected chi connectivity index (χ0v) is 14.4. The van der Waals surface area contributed by atoms with Crippen LogP contribution in [0.3, 0.4) is 0 Å². The average Bonchev–Trinajstić information content (AvgIpc) is 2.52. The van der Waals surface area contributed by atoms with Crippen molar-refractivity contribution in [2.75, 3.05) is 0 Å². The summed E-state index contributed by atoms with van der Waals surface area (Å²) in [5.74, 6) is 0.942.